The van der Waals surface area contributed by atoms with E-state index in [-0.39, 0.29) is 5.91 Å². The molecule has 3 aliphatic rings. The lowest BCUT2D eigenvalue weighted by atomic mass is 9.86. The van der Waals surface area contributed by atoms with Crippen molar-refractivity contribution in [3.8, 4) is 0 Å². The average Bonchev–Trinajstić information content (AvgIpc) is 3.32. The van der Waals surface area contributed by atoms with Crippen molar-refractivity contribution >= 4 is 11.6 Å². The van der Waals surface area contributed by atoms with Crippen LogP contribution < -0.4 is 5.32 Å². The molecule has 1 aromatic carbocycles. The molecular formula is C27H36N4O2. The van der Waals surface area contributed by atoms with Crippen molar-refractivity contribution < 1.29 is 9.53 Å². The zero-order chi connectivity index (χ0) is 22.5. The smallest absolute Gasteiger partial charge is 0.224 e. The second-order valence-corrected chi connectivity index (χ2v) is 9.74. The Hall–Kier alpha value is -2.28. The van der Waals surface area contributed by atoms with Crippen LogP contribution in [0.2, 0.25) is 0 Å². The Morgan fingerprint density at radius 3 is 2.82 bits per heavy atom. The normalized spacial score (nSPS) is 23.9. The summed E-state index contributed by atoms with van der Waals surface area (Å²) in [6.07, 6.45) is 8.03. The number of anilines is 1. The highest BCUT2D eigenvalue weighted by Gasteiger charge is 2.34. The highest BCUT2D eigenvalue weighted by molar-refractivity contribution is 5.90. The monoisotopic (exact) mass is 448 g/mol. The van der Waals surface area contributed by atoms with Crippen molar-refractivity contribution in [3.05, 3.63) is 59.4 Å². The first-order valence-corrected chi connectivity index (χ1v) is 12.6. The Labute approximate surface area is 197 Å². The summed E-state index contributed by atoms with van der Waals surface area (Å²) in [5.74, 6) is 0.613. The summed E-state index contributed by atoms with van der Waals surface area (Å²) in [5.41, 5.74) is 4.91. The van der Waals surface area contributed by atoms with E-state index in [9.17, 15) is 4.79 Å². The quantitative estimate of drug-likeness (QED) is 0.703. The van der Waals surface area contributed by atoms with Gasteiger partial charge in [-0.25, -0.2) is 0 Å². The van der Waals surface area contributed by atoms with Gasteiger partial charge in [0.15, 0.2) is 0 Å². The van der Waals surface area contributed by atoms with E-state index in [0.29, 0.717) is 18.4 Å². The van der Waals surface area contributed by atoms with Crippen molar-refractivity contribution in [1.29, 1.82) is 0 Å². The first-order valence-electron chi connectivity index (χ1n) is 12.6. The number of benzene rings is 1. The number of amides is 1. The number of nitrogens with zero attached hydrogens (tertiary/aromatic N) is 3. The number of ether oxygens (including phenoxy) is 1. The SMILES string of the molecule is O=C(CC[C@H]1CN(Cc2ccccn2)CC[C@H]1N1CCOCC1)Nc1ccc2c(c1)CCC2. The van der Waals surface area contributed by atoms with E-state index in [0.717, 1.165) is 76.6 Å². The molecule has 2 atom stereocenters. The van der Waals surface area contributed by atoms with E-state index in [1.165, 1.54) is 24.0 Å². The van der Waals surface area contributed by atoms with Crippen LogP contribution in [-0.4, -0.2) is 66.1 Å². The van der Waals surface area contributed by atoms with Gasteiger partial charge < -0.3 is 10.1 Å². The molecule has 6 heteroatoms. The van der Waals surface area contributed by atoms with Crippen LogP contribution in [0.4, 0.5) is 5.69 Å². The molecule has 33 heavy (non-hydrogen) atoms. The molecule has 2 aromatic rings. The van der Waals surface area contributed by atoms with Gasteiger partial charge in [0, 0.05) is 57.1 Å². The summed E-state index contributed by atoms with van der Waals surface area (Å²) in [6.45, 7) is 6.63. The lowest BCUT2D eigenvalue weighted by Gasteiger charge is -2.45. The van der Waals surface area contributed by atoms with E-state index in [4.69, 9.17) is 4.74 Å². The van der Waals surface area contributed by atoms with E-state index in [1.54, 1.807) is 0 Å². The van der Waals surface area contributed by atoms with Gasteiger partial charge in [0.25, 0.3) is 0 Å². The first kappa shape index (κ1) is 22.5. The second kappa shape index (κ2) is 10.8. The first-order chi connectivity index (χ1) is 16.2. The average molecular weight is 449 g/mol. The Morgan fingerprint density at radius 1 is 1.09 bits per heavy atom. The van der Waals surface area contributed by atoms with Gasteiger partial charge in [0.05, 0.1) is 18.9 Å². The number of likely N-dealkylation sites (tertiary alicyclic amines) is 1. The lowest BCUT2D eigenvalue weighted by molar-refractivity contribution is -0.116. The molecule has 0 bridgehead atoms. The van der Waals surface area contributed by atoms with Gasteiger partial charge in [0.2, 0.25) is 5.91 Å². The molecule has 0 spiro atoms. The summed E-state index contributed by atoms with van der Waals surface area (Å²) < 4.78 is 5.60. The minimum atomic E-state index is 0.135. The van der Waals surface area contributed by atoms with Gasteiger partial charge in [0.1, 0.15) is 0 Å². The third-order valence-electron chi connectivity index (χ3n) is 7.53. The summed E-state index contributed by atoms with van der Waals surface area (Å²) in [6, 6.07) is 13.1. The summed E-state index contributed by atoms with van der Waals surface area (Å²) in [7, 11) is 0. The molecule has 1 aliphatic carbocycles. The van der Waals surface area contributed by atoms with Crippen LogP contribution in [0.15, 0.2) is 42.6 Å². The van der Waals surface area contributed by atoms with Crippen LogP contribution in [0.25, 0.3) is 0 Å². The van der Waals surface area contributed by atoms with Crippen molar-refractivity contribution in [2.75, 3.05) is 44.7 Å². The number of morpholine rings is 1. The van der Waals surface area contributed by atoms with E-state index in [2.05, 4.69) is 50.4 Å². The number of piperidine rings is 1. The molecule has 5 rings (SSSR count). The Balaban J connectivity index is 1.20. The molecular weight excluding hydrogens is 412 g/mol. The fraction of sp³-hybridized carbons (Fsp3) is 0.556. The Bertz CT molecular complexity index is 929. The van der Waals surface area contributed by atoms with Crippen LogP contribution in [0.3, 0.4) is 0 Å². The van der Waals surface area contributed by atoms with Crippen LogP contribution >= 0.6 is 0 Å². The van der Waals surface area contributed by atoms with E-state index >= 15 is 0 Å². The molecule has 3 heterocycles. The topological polar surface area (TPSA) is 57.7 Å². The molecule has 176 valence electrons. The van der Waals surface area contributed by atoms with E-state index in [1.807, 2.05) is 12.3 Å². The number of nitrogens with one attached hydrogen (secondary N) is 1. The summed E-state index contributed by atoms with van der Waals surface area (Å²) >= 11 is 0. The minimum absolute atomic E-state index is 0.135. The van der Waals surface area contributed by atoms with Crippen LogP contribution in [0.5, 0.6) is 0 Å². The van der Waals surface area contributed by atoms with Gasteiger partial charge in [-0.15, -0.1) is 0 Å². The number of fused-ring (bicyclic) bond motifs is 1. The van der Waals surface area contributed by atoms with Crippen LogP contribution in [0.1, 0.15) is 42.5 Å². The largest absolute Gasteiger partial charge is 0.379 e. The van der Waals surface area contributed by atoms with Crippen LogP contribution in [0, 0.1) is 5.92 Å². The third-order valence-corrected chi connectivity index (χ3v) is 7.53. The summed E-state index contributed by atoms with van der Waals surface area (Å²) in [4.78, 5) is 22.5. The van der Waals surface area contributed by atoms with Crippen LogP contribution in [-0.2, 0) is 28.9 Å². The molecule has 2 fully saturated rings. The molecule has 1 amide bonds. The number of aromatic nitrogens is 1. The van der Waals surface area contributed by atoms with Gasteiger partial charge in [-0.1, -0.05) is 12.1 Å². The molecule has 1 aromatic heterocycles. The van der Waals surface area contributed by atoms with Crippen molar-refractivity contribution in [2.24, 2.45) is 5.92 Å². The molecule has 0 unspecified atom stereocenters. The molecule has 0 radical (unpaired) electrons. The minimum Gasteiger partial charge on any atom is -0.379 e. The van der Waals surface area contributed by atoms with Gasteiger partial charge >= 0.3 is 0 Å². The molecule has 6 nitrogen and oxygen atoms in total. The number of carbonyl (C=O) groups is 1. The zero-order valence-electron chi connectivity index (χ0n) is 19.5. The maximum absolute atomic E-state index is 12.8. The number of aryl methyl sites for hydroxylation is 2. The Morgan fingerprint density at radius 2 is 1.97 bits per heavy atom. The zero-order valence-corrected chi connectivity index (χ0v) is 19.5. The van der Waals surface area contributed by atoms with Gasteiger partial charge in [-0.2, -0.15) is 0 Å². The maximum atomic E-state index is 12.8. The maximum Gasteiger partial charge on any atom is 0.224 e. The highest BCUT2D eigenvalue weighted by atomic mass is 16.5. The number of pyridine rings is 1. The molecule has 2 aliphatic heterocycles. The van der Waals surface area contributed by atoms with E-state index < -0.39 is 0 Å². The standard InChI is InChI=1S/C27H36N4O2/c32-27(29-24-9-7-21-4-3-5-22(21)18-24)10-8-23-19-30(20-25-6-1-2-12-28-25)13-11-26(23)31-14-16-33-17-15-31/h1-2,6-7,9,12,18,23,26H,3-5,8,10-11,13-17,19-20H2,(H,29,32)/t23-,26+/m0/s1. The van der Waals surface area contributed by atoms with Crippen molar-refractivity contribution in [2.45, 2.75) is 51.1 Å². The second-order valence-electron chi connectivity index (χ2n) is 9.74. The molecule has 1 N–H and O–H groups in total. The predicted octanol–water partition coefficient (Wildman–Crippen LogP) is 3.51. The number of hydrogen-bond acceptors (Lipinski definition) is 5. The summed E-state index contributed by atoms with van der Waals surface area (Å²) in [5, 5.41) is 3.16. The number of carbonyl (C=O) groups excluding carboxylic acids is 1. The predicted molar refractivity (Wildman–Crippen MR) is 130 cm³/mol. The fourth-order valence-corrected chi connectivity index (χ4v) is 5.82. The Kier molecular flexibility index (Phi) is 7.34. The molecule has 2 saturated heterocycles. The van der Waals surface area contributed by atoms with Gasteiger partial charge in [-0.3, -0.25) is 19.6 Å². The highest BCUT2D eigenvalue weighted by Crippen LogP contribution is 2.29. The number of rotatable bonds is 7. The van der Waals surface area contributed by atoms with Crippen molar-refractivity contribution in [1.82, 2.24) is 14.8 Å². The third kappa shape index (κ3) is 5.81. The molecule has 0 saturated carbocycles. The fourth-order valence-electron chi connectivity index (χ4n) is 5.82. The van der Waals surface area contributed by atoms with Crippen molar-refractivity contribution in [3.63, 3.8) is 0 Å². The number of hydrogen-bond donors (Lipinski definition) is 1. The lowest BCUT2D eigenvalue weighted by Crippen LogP contribution is -2.54. The van der Waals surface area contributed by atoms with Gasteiger partial charge in [-0.05, 0) is 73.4 Å².